The summed E-state index contributed by atoms with van der Waals surface area (Å²) in [5, 5.41) is 55.7. The average Bonchev–Trinajstić information content (AvgIpc) is 4.10. The Morgan fingerprint density at radius 1 is 0.449 bits per heavy atom. The lowest BCUT2D eigenvalue weighted by atomic mass is 9.89. The van der Waals surface area contributed by atoms with E-state index in [9.17, 15) is 29.7 Å². The molecule has 396 valence electrons. The Labute approximate surface area is 420 Å². The Kier molecular flexibility index (Phi) is 40.2. The second-order valence-electron chi connectivity index (χ2n) is 20.4. The maximum atomic E-state index is 10.5. The summed E-state index contributed by atoms with van der Waals surface area (Å²) in [5.74, 6) is 1.84. The first-order valence-corrected chi connectivity index (χ1v) is 28.1. The number of rotatable bonds is 36. The van der Waals surface area contributed by atoms with E-state index in [0.29, 0.717) is 42.4 Å². The Morgan fingerprint density at radius 3 is 1.32 bits per heavy atom. The topological polar surface area (TPSA) is 173 Å². The van der Waals surface area contributed by atoms with Gasteiger partial charge in [0.1, 0.15) is 0 Å². The molecule has 6 N–H and O–H groups in total. The van der Waals surface area contributed by atoms with Crippen LogP contribution < -0.4 is 0 Å². The number of aliphatic carboxylic acids is 3. The van der Waals surface area contributed by atoms with Crippen LogP contribution in [0.4, 0.5) is 0 Å². The molecule has 0 radical (unpaired) electrons. The number of hydrogen-bond acceptors (Lipinski definition) is 6. The van der Waals surface area contributed by atoms with E-state index in [4.69, 9.17) is 15.3 Å². The lowest BCUT2D eigenvalue weighted by Crippen LogP contribution is -2.08. The summed E-state index contributed by atoms with van der Waals surface area (Å²) in [6, 6.07) is 0. The van der Waals surface area contributed by atoms with E-state index in [0.717, 1.165) is 95.8 Å². The van der Waals surface area contributed by atoms with Gasteiger partial charge in [-0.05, 0) is 151 Å². The van der Waals surface area contributed by atoms with E-state index in [1.54, 1.807) is 0 Å². The molecule has 0 aromatic rings. The molecule has 3 saturated carbocycles. The molecule has 3 rings (SSSR count). The summed E-state index contributed by atoms with van der Waals surface area (Å²) in [6.07, 6.45) is 58.1. The van der Waals surface area contributed by atoms with Gasteiger partial charge < -0.3 is 30.6 Å². The molecule has 0 aliphatic heterocycles. The number of unbranched alkanes of at least 4 members (excludes halogenated alkanes) is 9. The maximum absolute atomic E-state index is 10.5. The standard InChI is InChI=1S/C20H36O3.C20H34O3.C20H32O3/c3*1-2-3-6-13-19(21)16-15-18-12-9-11-17(18)10-7-4-5-8-14-20(22)23/h15-19,21H,2-14H2,1H3,(H,22,23);4,7,15-19,21H,2-3,5-6,8-14H2,1H3,(H,22,23);3-4,6-7,15-19,21H,2,5,8-14H2,1H3,(H,22,23)/b16-15+;7-4-,16-15+;6-3-,7-4-,16-15+. The van der Waals surface area contributed by atoms with Crippen LogP contribution in [-0.4, -0.2) is 66.9 Å². The van der Waals surface area contributed by atoms with E-state index >= 15 is 0 Å². The molecular weight excluding hydrogens is 865 g/mol. The van der Waals surface area contributed by atoms with E-state index in [1.165, 1.54) is 96.3 Å². The highest BCUT2D eigenvalue weighted by atomic mass is 16.4. The van der Waals surface area contributed by atoms with Crippen LogP contribution in [0.15, 0.2) is 72.9 Å². The highest BCUT2D eigenvalue weighted by Gasteiger charge is 2.26. The van der Waals surface area contributed by atoms with Crippen molar-refractivity contribution in [3.05, 3.63) is 72.9 Å². The number of aliphatic hydroxyl groups is 3. The summed E-state index contributed by atoms with van der Waals surface area (Å²) in [5.41, 5.74) is 0. The van der Waals surface area contributed by atoms with Crippen molar-refractivity contribution in [3.8, 4) is 0 Å². The van der Waals surface area contributed by atoms with Crippen LogP contribution in [0.1, 0.15) is 233 Å². The Hall–Kier alpha value is -3.27. The van der Waals surface area contributed by atoms with Gasteiger partial charge in [0.15, 0.2) is 0 Å². The second kappa shape index (κ2) is 43.5. The van der Waals surface area contributed by atoms with Crippen molar-refractivity contribution >= 4 is 17.9 Å². The predicted molar refractivity (Wildman–Crippen MR) is 286 cm³/mol. The lowest BCUT2D eigenvalue weighted by molar-refractivity contribution is -0.138. The summed E-state index contributed by atoms with van der Waals surface area (Å²) < 4.78 is 0. The normalized spacial score (nSPS) is 23.0. The van der Waals surface area contributed by atoms with Gasteiger partial charge in [-0.25, -0.2) is 0 Å². The van der Waals surface area contributed by atoms with Gasteiger partial charge in [0, 0.05) is 19.3 Å². The highest BCUT2D eigenvalue weighted by molar-refractivity contribution is 5.67. The average molecular weight is 967 g/mol. The minimum atomic E-state index is -0.716. The Balaban J connectivity index is 0.000000517. The fourth-order valence-electron chi connectivity index (χ4n) is 10.1. The number of carboxylic acids is 3. The first-order chi connectivity index (χ1) is 33.4. The smallest absolute Gasteiger partial charge is 0.303 e. The first kappa shape index (κ1) is 63.7. The molecule has 0 aromatic carbocycles. The molecule has 69 heavy (non-hydrogen) atoms. The molecule has 0 spiro atoms. The van der Waals surface area contributed by atoms with Gasteiger partial charge in [-0.15, -0.1) is 0 Å². The number of hydrogen-bond donors (Lipinski definition) is 6. The zero-order chi connectivity index (χ0) is 50.7. The van der Waals surface area contributed by atoms with Crippen molar-refractivity contribution in [1.82, 2.24) is 0 Å². The molecule has 0 aromatic heterocycles. The Bertz CT molecular complexity index is 1460. The van der Waals surface area contributed by atoms with Crippen LogP contribution in [0.25, 0.3) is 0 Å². The number of carboxylic acid groups (broad SMARTS) is 3. The molecule has 9 atom stereocenters. The summed E-state index contributed by atoms with van der Waals surface area (Å²) >= 11 is 0. The van der Waals surface area contributed by atoms with Gasteiger partial charge in [-0.1, -0.05) is 171 Å². The van der Waals surface area contributed by atoms with Crippen LogP contribution in [0.5, 0.6) is 0 Å². The van der Waals surface area contributed by atoms with E-state index < -0.39 is 17.9 Å². The van der Waals surface area contributed by atoms with Crippen molar-refractivity contribution in [2.24, 2.45) is 35.5 Å². The van der Waals surface area contributed by atoms with Crippen LogP contribution in [0.3, 0.4) is 0 Å². The fraction of sp³-hybridized carbons (Fsp3) is 0.750. The van der Waals surface area contributed by atoms with Crippen molar-refractivity contribution in [2.75, 3.05) is 0 Å². The molecule has 0 heterocycles. The van der Waals surface area contributed by atoms with Crippen LogP contribution in [0, 0.1) is 35.5 Å². The van der Waals surface area contributed by atoms with Crippen LogP contribution in [0.2, 0.25) is 0 Å². The molecule has 9 heteroatoms. The fourth-order valence-corrected chi connectivity index (χ4v) is 10.1. The molecule has 3 aliphatic carbocycles. The van der Waals surface area contributed by atoms with Gasteiger partial charge in [0.25, 0.3) is 0 Å². The molecule has 9 nitrogen and oxygen atoms in total. The third-order valence-electron chi connectivity index (χ3n) is 14.3. The molecule has 3 fully saturated rings. The highest BCUT2D eigenvalue weighted by Crippen LogP contribution is 2.38. The second-order valence-corrected chi connectivity index (χ2v) is 20.4. The monoisotopic (exact) mass is 967 g/mol. The SMILES string of the molecule is CC/C=C\CC(O)/C=C/C1CCCC1C/C=C\CCCC(=O)O.CCCCCC(O)/C=C/C1CCCC1C/C=C\CCCC(=O)O.CCCCCC(O)/C=C/C1CCCC1CCCCCCC(=O)O. The number of carbonyl (C=O) groups is 3. The quantitative estimate of drug-likeness (QED) is 0.0264. The predicted octanol–water partition coefficient (Wildman–Crippen LogP) is 15.3. The number of allylic oxidation sites excluding steroid dienone is 8. The van der Waals surface area contributed by atoms with Crippen LogP contribution >= 0.6 is 0 Å². The largest absolute Gasteiger partial charge is 0.481 e. The maximum Gasteiger partial charge on any atom is 0.303 e. The third-order valence-corrected chi connectivity index (χ3v) is 14.3. The van der Waals surface area contributed by atoms with E-state index in [2.05, 4.69) is 69.4 Å². The van der Waals surface area contributed by atoms with Gasteiger partial charge in [0.05, 0.1) is 18.3 Å². The van der Waals surface area contributed by atoms with E-state index in [-0.39, 0.29) is 31.2 Å². The summed E-state index contributed by atoms with van der Waals surface area (Å²) in [7, 11) is 0. The molecule has 0 amide bonds. The van der Waals surface area contributed by atoms with Crippen LogP contribution in [-0.2, 0) is 14.4 Å². The minimum absolute atomic E-state index is 0.253. The first-order valence-electron chi connectivity index (χ1n) is 28.1. The molecule has 0 bridgehead atoms. The van der Waals surface area contributed by atoms with Gasteiger partial charge in [-0.2, -0.15) is 0 Å². The van der Waals surface area contributed by atoms with Crippen molar-refractivity contribution < 1.29 is 45.0 Å². The summed E-state index contributed by atoms with van der Waals surface area (Å²) in [6.45, 7) is 6.46. The van der Waals surface area contributed by atoms with Gasteiger partial charge in [-0.3, -0.25) is 14.4 Å². The molecule has 3 aliphatic rings. The van der Waals surface area contributed by atoms with Gasteiger partial charge >= 0.3 is 17.9 Å². The molecular formula is C60H102O9. The lowest BCUT2D eigenvalue weighted by Gasteiger charge is -2.16. The number of aliphatic hydroxyl groups excluding tert-OH is 3. The van der Waals surface area contributed by atoms with Crippen molar-refractivity contribution in [2.45, 2.75) is 251 Å². The molecule has 9 unspecified atom stereocenters. The third kappa shape index (κ3) is 36.3. The van der Waals surface area contributed by atoms with E-state index in [1.807, 2.05) is 24.3 Å². The Morgan fingerprint density at radius 2 is 0.870 bits per heavy atom. The zero-order valence-corrected chi connectivity index (χ0v) is 43.9. The molecule has 0 saturated heterocycles. The zero-order valence-electron chi connectivity index (χ0n) is 43.9. The van der Waals surface area contributed by atoms with Crippen molar-refractivity contribution in [3.63, 3.8) is 0 Å². The summed E-state index contributed by atoms with van der Waals surface area (Å²) in [4.78, 5) is 31.3. The van der Waals surface area contributed by atoms with Gasteiger partial charge in [0.2, 0.25) is 0 Å². The minimum Gasteiger partial charge on any atom is -0.481 e. The van der Waals surface area contributed by atoms with Crippen molar-refractivity contribution in [1.29, 1.82) is 0 Å².